The van der Waals surface area contributed by atoms with Crippen molar-refractivity contribution in [1.82, 2.24) is 10.2 Å². The summed E-state index contributed by atoms with van der Waals surface area (Å²) in [5.74, 6) is -0.0332. The monoisotopic (exact) mass is 410 g/mol. The van der Waals surface area contributed by atoms with Crippen LogP contribution in [0.5, 0.6) is 11.5 Å². The molecule has 150 valence electrons. The smallest absolute Gasteiger partial charge is 0.387 e. The average molecular weight is 410 g/mol. The summed E-state index contributed by atoms with van der Waals surface area (Å²) in [5, 5.41) is 3.80. The molecule has 0 unspecified atom stereocenters. The lowest BCUT2D eigenvalue weighted by Gasteiger charge is -2.26. The summed E-state index contributed by atoms with van der Waals surface area (Å²) in [6.45, 7) is -1.90. The van der Waals surface area contributed by atoms with Crippen molar-refractivity contribution in [3.8, 4) is 11.5 Å². The highest BCUT2D eigenvalue weighted by molar-refractivity contribution is 7.80. The Labute approximate surface area is 167 Å². The van der Waals surface area contributed by atoms with Crippen LogP contribution in [0.1, 0.15) is 24.0 Å². The molecule has 4 nitrogen and oxygen atoms in total. The number of hydrogen-bond donors (Lipinski definition) is 1. The molecule has 0 aromatic heterocycles. The first kappa shape index (κ1) is 20.3. The summed E-state index contributed by atoms with van der Waals surface area (Å²) in [5.41, 5.74) is 1.80. The number of thiocarbonyl (C=S) groups is 1. The van der Waals surface area contributed by atoms with Gasteiger partial charge in [-0.1, -0.05) is 18.2 Å². The zero-order valence-corrected chi connectivity index (χ0v) is 16.1. The molecule has 1 N–H and O–H groups in total. The minimum atomic E-state index is -2.91. The van der Waals surface area contributed by atoms with Crippen molar-refractivity contribution in [3.63, 3.8) is 0 Å². The van der Waals surface area contributed by atoms with Crippen LogP contribution in [-0.4, -0.2) is 29.8 Å². The maximum atomic E-state index is 13.0. The molecule has 28 heavy (non-hydrogen) atoms. The number of rotatable bonds is 8. The van der Waals surface area contributed by atoms with Gasteiger partial charge >= 0.3 is 6.61 Å². The van der Waals surface area contributed by atoms with E-state index in [-0.39, 0.29) is 17.3 Å². The number of alkyl halides is 2. The summed E-state index contributed by atoms with van der Waals surface area (Å²) in [6, 6.07) is 11.4. The number of ether oxygens (including phenoxy) is 2. The van der Waals surface area contributed by atoms with Crippen molar-refractivity contribution in [1.29, 1.82) is 0 Å². The van der Waals surface area contributed by atoms with E-state index in [1.165, 1.54) is 25.3 Å². The SMILES string of the molecule is COc1cc(CN(C(=S)NCc2ccc(F)cc2)C2CC2)ccc1OC(F)F. The number of nitrogens with zero attached hydrogens (tertiary/aromatic N) is 1. The molecule has 8 heteroatoms. The van der Waals surface area contributed by atoms with Crippen molar-refractivity contribution in [3.05, 3.63) is 59.4 Å². The third-order valence-electron chi connectivity index (χ3n) is 4.40. The second-order valence-corrected chi connectivity index (χ2v) is 6.89. The van der Waals surface area contributed by atoms with Crippen molar-refractivity contribution in [2.75, 3.05) is 7.11 Å². The molecule has 0 atom stereocenters. The predicted octanol–water partition coefficient (Wildman–Crippen LogP) is 4.47. The van der Waals surface area contributed by atoms with Gasteiger partial charge in [-0.15, -0.1) is 0 Å². The molecule has 1 aliphatic carbocycles. The van der Waals surface area contributed by atoms with Crippen LogP contribution >= 0.6 is 12.2 Å². The lowest BCUT2D eigenvalue weighted by atomic mass is 10.2. The van der Waals surface area contributed by atoms with E-state index in [0.717, 1.165) is 24.0 Å². The summed E-state index contributed by atoms with van der Waals surface area (Å²) < 4.78 is 47.6. The van der Waals surface area contributed by atoms with Crippen molar-refractivity contribution < 1.29 is 22.6 Å². The second-order valence-electron chi connectivity index (χ2n) is 6.51. The van der Waals surface area contributed by atoms with E-state index < -0.39 is 6.61 Å². The summed E-state index contributed by atoms with van der Waals surface area (Å²) in [4.78, 5) is 2.07. The Morgan fingerprint density at radius 2 is 1.82 bits per heavy atom. The minimum Gasteiger partial charge on any atom is -0.493 e. The fourth-order valence-electron chi connectivity index (χ4n) is 2.83. The van der Waals surface area contributed by atoms with Gasteiger partial charge in [-0.25, -0.2) is 4.39 Å². The number of hydrogen-bond acceptors (Lipinski definition) is 3. The van der Waals surface area contributed by atoms with E-state index >= 15 is 0 Å². The number of benzene rings is 2. The quantitative estimate of drug-likeness (QED) is 0.650. The number of nitrogens with one attached hydrogen (secondary N) is 1. The van der Waals surface area contributed by atoms with Gasteiger partial charge in [0.2, 0.25) is 0 Å². The Balaban J connectivity index is 1.65. The molecule has 0 spiro atoms. The van der Waals surface area contributed by atoms with Gasteiger partial charge in [0.25, 0.3) is 0 Å². The van der Waals surface area contributed by atoms with Crippen LogP contribution in [0.25, 0.3) is 0 Å². The molecule has 1 saturated carbocycles. The molecule has 1 aliphatic rings. The molecule has 0 saturated heterocycles. The third-order valence-corrected chi connectivity index (χ3v) is 4.78. The zero-order chi connectivity index (χ0) is 20.1. The first-order valence-electron chi connectivity index (χ1n) is 8.87. The van der Waals surface area contributed by atoms with Gasteiger partial charge in [0.1, 0.15) is 5.82 Å². The lowest BCUT2D eigenvalue weighted by Crippen LogP contribution is -2.40. The van der Waals surface area contributed by atoms with Crippen LogP contribution < -0.4 is 14.8 Å². The molecule has 0 aliphatic heterocycles. The van der Waals surface area contributed by atoms with Gasteiger partial charge < -0.3 is 19.7 Å². The van der Waals surface area contributed by atoms with Gasteiger partial charge in [0, 0.05) is 19.1 Å². The highest BCUT2D eigenvalue weighted by Crippen LogP contribution is 2.32. The Kier molecular flexibility index (Phi) is 6.61. The van der Waals surface area contributed by atoms with E-state index in [0.29, 0.717) is 24.2 Å². The fraction of sp³-hybridized carbons (Fsp3) is 0.350. The number of methoxy groups -OCH3 is 1. The Morgan fingerprint density at radius 3 is 2.43 bits per heavy atom. The van der Waals surface area contributed by atoms with Crippen LogP contribution in [0.3, 0.4) is 0 Å². The largest absolute Gasteiger partial charge is 0.493 e. The molecule has 0 radical (unpaired) electrons. The van der Waals surface area contributed by atoms with Crippen LogP contribution in [0, 0.1) is 5.82 Å². The van der Waals surface area contributed by atoms with Crippen molar-refractivity contribution >= 4 is 17.3 Å². The second kappa shape index (κ2) is 9.14. The molecule has 2 aromatic carbocycles. The molecule has 0 bridgehead atoms. The van der Waals surface area contributed by atoms with Crippen molar-refractivity contribution in [2.45, 2.75) is 38.6 Å². The van der Waals surface area contributed by atoms with Crippen molar-refractivity contribution in [2.24, 2.45) is 0 Å². The molecule has 0 amide bonds. The zero-order valence-electron chi connectivity index (χ0n) is 15.3. The third kappa shape index (κ3) is 5.51. The van der Waals surface area contributed by atoms with E-state index in [2.05, 4.69) is 15.0 Å². The van der Waals surface area contributed by atoms with E-state index in [1.54, 1.807) is 24.3 Å². The highest BCUT2D eigenvalue weighted by Gasteiger charge is 2.31. The Bertz CT molecular complexity index is 814. The molecule has 0 heterocycles. The van der Waals surface area contributed by atoms with E-state index in [9.17, 15) is 13.2 Å². The van der Waals surface area contributed by atoms with E-state index in [1.807, 2.05) is 0 Å². The molecular weight excluding hydrogens is 389 g/mol. The standard InChI is InChI=1S/C20H21F3N2O2S/c1-26-18-10-14(4-9-17(18)27-19(22)23)12-25(16-7-8-16)20(28)24-11-13-2-5-15(21)6-3-13/h2-6,9-10,16,19H,7-8,11-12H2,1H3,(H,24,28). The van der Waals surface area contributed by atoms with Gasteiger partial charge in [0.15, 0.2) is 16.6 Å². The van der Waals surface area contributed by atoms with E-state index in [4.69, 9.17) is 17.0 Å². The first-order chi connectivity index (χ1) is 13.5. The fourth-order valence-corrected chi connectivity index (χ4v) is 3.12. The minimum absolute atomic E-state index is 0.00349. The van der Waals surface area contributed by atoms with Crippen LogP contribution in [-0.2, 0) is 13.1 Å². The Hall–Kier alpha value is -2.48. The summed E-state index contributed by atoms with van der Waals surface area (Å²) in [7, 11) is 1.41. The summed E-state index contributed by atoms with van der Waals surface area (Å²) in [6.07, 6.45) is 2.09. The average Bonchev–Trinajstić information content (AvgIpc) is 3.51. The summed E-state index contributed by atoms with van der Waals surface area (Å²) >= 11 is 5.55. The van der Waals surface area contributed by atoms with Gasteiger partial charge in [-0.2, -0.15) is 8.78 Å². The lowest BCUT2D eigenvalue weighted by molar-refractivity contribution is -0.0512. The Morgan fingerprint density at radius 1 is 1.14 bits per heavy atom. The molecule has 1 fully saturated rings. The maximum Gasteiger partial charge on any atom is 0.387 e. The highest BCUT2D eigenvalue weighted by atomic mass is 32.1. The van der Waals surface area contributed by atoms with Crippen LogP contribution in [0.2, 0.25) is 0 Å². The predicted molar refractivity (Wildman–Crippen MR) is 104 cm³/mol. The van der Waals surface area contributed by atoms with Gasteiger partial charge in [0.05, 0.1) is 7.11 Å². The molecule has 2 aromatic rings. The maximum absolute atomic E-state index is 13.0. The molecular formula is C20H21F3N2O2S. The van der Waals surface area contributed by atoms with Gasteiger partial charge in [-0.05, 0) is 60.5 Å². The normalized spacial score (nSPS) is 13.3. The topological polar surface area (TPSA) is 33.7 Å². The van der Waals surface area contributed by atoms with Gasteiger partial charge in [-0.3, -0.25) is 0 Å². The number of halogens is 3. The van der Waals surface area contributed by atoms with Crippen LogP contribution in [0.4, 0.5) is 13.2 Å². The first-order valence-corrected chi connectivity index (χ1v) is 9.27. The molecule has 3 rings (SSSR count). The van der Waals surface area contributed by atoms with Crippen LogP contribution in [0.15, 0.2) is 42.5 Å².